The van der Waals surface area contributed by atoms with Gasteiger partial charge in [0.25, 0.3) is 0 Å². The highest BCUT2D eigenvalue weighted by molar-refractivity contribution is 5.69. The van der Waals surface area contributed by atoms with E-state index in [0.717, 1.165) is 0 Å². The van der Waals surface area contributed by atoms with Crippen LogP contribution in [0.1, 0.15) is 19.2 Å². The number of tetrazole rings is 1. The Morgan fingerprint density at radius 2 is 2.31 bits per heavy atom. The average Bonchev–Trinajstić information content (AvgIpc) is 2.61. The first-order valence-corrected chi connectivity index (χ1v) is 5.19. The van der Waals surface area contributed by atoms with E-state index in [1.54, 1.807) is 14.0 Å². The lowest BCUT2D eigenvalue weighted by atomic mass is 10.4. The standard InChI is InChI=1S/C9H17N5O2/c1-4-16-9(15)5-6-13(2)7-8-10-12-14(3)11-8/h4-7H2,1-3H3. The van der Waals surface area contributed by atoms with E-state index in [4.69, 9.17) is 4.74 Å². The molecule has 16 heavy (non-hydrogen) atoms. The van der Waals surface area contributed by atoms with E-state index in [2.05, 4.69) is 15.4 Å². The van der Waals surface area contributed by atoms with Crippen molar-refractivity contribution < 1.29 is 9.53 Å². The molecule has 0 atom stereocenters. The van der Waals surface area contributed by atoms with Crippen LogP contribution in [0.5, 0.6) is 0 Å². The Bertz CT molecular complexity index is 338. The van der Waals surface area contributed by atoms with Crippen molar-refractivity contribution in [2.75, 3.05) is 20.2 Å². The Labute approximate surface area is 94.4 Å². The van der Waals surface area contributed by atoms with Crippen molar-refractivity contribution >= 4 is 5.97 Å². The summed E-state index contributed by atoms with van der Waals surface area (Å²) in [6, 6.07) is 0. The van der Waals surface area contributed by atoms with Crippen LogP contribution in [0.3, 0.4) is 0 Å². The van der Waals surface area contributed by atoms with Gasteiger partial charge in [-0.15, -0.1) is 10.2 Å². The summed E-state index contributed by atoms with van der Waals surface area (Å²) in [4.78, 5) is 14.5. The second-order valence-electron chi connectivity index (χ2n) is 3.49. The molecule has 0 aliphatic heterocycles. The Morgan fingerprint density at radius 1 is 1.56 bits per heavy atom. The third kappa shape index (κ3) is 4.35. The lowest BCUT2D eigenvalue weighted by molar-refractivity contribution is -0.143. The van der Waals surface area contributed by atoms with Gasteiger partial charge in [0.2, 0.25) is 0 Å². The van der Waals surface area contributed by atoms with Gasteiger partial charge in [0.05, 0.1) is 26.6 Å². The quantitative estimate of drug-likeness (QED) is 0.615. The Hall–Kier alpha value is -1.50. The molecule has 0 radical (unpaired) electrons. The molecule has 0 N–H and O–H groups in total. The zero-order chi connectivity index (χ0) is 12.0. The van der Waals surface area contributed by atoms with Crippen LogP contribution in [0.2, 0.25) is 0 Å². The highest BCUT2D eigenvalue weighted by Gasteiger charge is 2.08. The van der Waals surface area contributed by atoms with Crippen molar-refractivity contribution in [2.24, 2.45) is 7.05 Å². The summed E-state index contributed by atoms with van der Waals surface area (Å²) in [6.07, 6.45) is 0.380. The van der Waals surface area contributed by atoms with Crippen LogP contribution < -0.4 is 0 Å². The number of ether oxygens (including phenoxy) is 1. The SMILES string of the molecule is CCOC(=O)CCN(C)Cc1nnn(C)n1. The molecular weight excluding hydrogens is 210 g/mol. The Morgan fingerprint density at radius 3 is 2.88 bits per heavy atom. The van der Waals surface area contributed by atoms with Gasteiger partial charge in [-0.2, -0.15) is 4.80 Å². The van der Waals surface area contributed by atoms with Gasteiger partial charge in [-0.05, 0) is 19.2 Å². The first-order chi connectivity index (χ1) is 7.61. The van der Waals surface area contributed by atoms with Crippen molar-refractivity contribution in [3.8, 4) is 0 Å². The molecule has 1 heterocycles. The summed E-state index contributed by atoms with van der Waals surface area (Å²) < 4.78 is 4.83. The zero-order valence-electron chi connectivity index (χ0n) is 9.88. The van der Waals surface area contributed by atoms with E-state index in [0.29, 0.717) is 31.9 Å². The average molecular weight is 227 g/mol. The fraction of sp³-hybridized carbons (Fsp3) is 0.778. The number of esters is 1. The van der Waals surface area contributed by atoms with Crippen molar-refractivity contribution in [3.63, 3.8) is 0 Å². The van der Waals surface area contributed by atoms with Crippen LogP contribution in [0.4, 0.5) is 0 Å². The van der Waals surface area contributed by atoms with Crippen LogP contribution in [-0.2, 0) is 23.1 Å². The van der Waals surface area contributed by atoms with E-state index in [9.17, 15) is 4.79 Å². The van der Waals surface area contributed by atoms with Crippen LogP contribution in [0.25, 0.3) is 0 Å². The second-order valence-corrected chi connectivity index (χ2v) is 3.49. The third-order valence-electron chi connectivity index (χ3n) is 1.96. The van der Waals surface area contributed by atoms with E-state index in [1.165, 1.54) is 4.80 Å². The molecule has 7 nitrogen and oxygen atoms in total. The van der Waals surface area contributed by atoms with Gasteiger partial charge >= 0.3 is 5.97 Å². The molecule has 0 aliphatic rings. The number of aryl methyl sites for hydroxylation is 1. The van der Waals surface area contributed by atoms with Gasteiger partial charge in [0.1, 0.15) is 0 Å². The highest BCUT2D eigenvalue weighted by Crippen LogP contribution is 1.96. The van der Waals surface area contributed by atoms with Gasteiger partial charge in [-0.1, -0.05) is 0 Å². The van der Waals surface area contributed by atoms with E-state index < -0.39 is 0 Å². The molecule has 0 spiro atoms. The molecule has 1 aromatic rings. The van der Waals surface area contributed by atoms with Crippen LogP contribution in [0, 0.1) is 0 Å². The Kier molecular flexibility index (Phi) is 4.84. The minimum absolute atomic E-state index is 0.179. The smallest absolute Gasteiger partial charge is 0.307 e. The molecule has 1 rings (SSSR count). The molecule has 1 aromatic heterocycles. The largest absolute Gasteiger partial charge is 0.466 e. The van der Waals surface area contributed by atoms with Crippen molar-refractivity contribution in [2.45, 2.75) is 19.9 Å². The molecule has 0 saturated heterocycles. The predicted molar refractivity (Wildman–Crippen MR) is 56.4 cm³/mol. The van der Waals surface area contributed by atoms with E-state index in [-0.39, 0.29) is 5.97 Å². The molecule has 0 saturated carbocycles. The van der Waals surface area contributed by atoms with Crippen molar-refractivity contribution in [1.29, 1.82) is 0 Å². The predicted octanol–water partition coefficient (Wildman–Crippen LogP) is -0.405. The number of nitrogens with zero attached hydrogens (tertiary/aromatic N) is 5. The van der Waals surface area contributed by atoms with Crippen molar-refractivity contribution in [1.82, 2.24) is 25.1 Å². The fourth-order valence-corrected chi connectivity index (χ4v) is 1.22. The molecule has 0 bridgehead atoms. The van der Waals surface area contributed by atoms with Gasteiger partial charge in [-0.25, -0.2) is 0 Å². The van der Waals surface area contributed by atoms with Crippen LogP contribution in [0.15, 0.2) is 0 Å². The number of carbonyl (C=O) groups is 1. The number of carbonyl (C=O) groups excluding carboxylic acids is 1. The number of rotatable bonds is 6. The molecule has 0 unspecified atom stereocenters. The third-order valence-corrected chi connectivity index (χ3v) is 1.96. The molecular formula is C9H17N5O2. The summed E-state index contributed by atoms with van der Waals surface area (Å²) >= 11 is 0. The summed E-state index contributed by atoms with van der Waals surface area (Å²) in [5.74, 6) is 0.468. The maximum absolute atomic E-state index is 11.1. The van der Waals surface area contributed by atoms with Crippen molar-refractivity contribution in [3.05, 3.63) is 5.82 Å². The molecule has 0 amide bonds. The fourth-order valence-electron chi connectivity index (χ4n) is 1.22. The minimum atomic E-state index is -0.179. The first kappa shape index (κ1) is 12.6. The van der Waals surface area contributed by atoms with E-state index in [1.807, 2.05) is 11.9 Å². The number of hydrogen-bond acceptors (Lipinski definition) is 6. The molecule has 0 fully saturated rings. The summed E-state index contributed by atoms with van der Waals surface area (Å²) in [5, 5.41) is 11.6. The van der Waals surface area contributed by atoms with Crippen LogP contribution >= 0.6 is 0 Å². The number of aromatic nitrogens is 4. The molecule has 0 aromatic carbocycles. The Balaban J connectivity index is 2.25. The topological polar surface area (TPSA) is 73.1 Å². The van der Waals surface area contributed by atoms with Gasteiger partial charge < -0.3 is 4.74 Å². The first-order valence-electron chi connectivity index (χ1n) is 5.19. The summed E-state index contributed by atoms with van der Waals surface area (Å²) in [5.41, 5.74) is 0. The zero-order valence-corrected chi connectivity index (χ0v) is 9.88. The molecule has 0 aliphatic carbocycles. The monoisotopic (exact) mass is 227 g/mol. The maximum atomic E-state index is 11.1. The minimum Gasteiger partial charge on any atom is -0.466 e. The van der Waals surface area contributed by atoms with E-state index >= 15 is 0 Å². The lowest BCUT2D eigenvalue weighted by Crippen LogP contribution is -2.23. The normalized spacial score (nSPS) is 10.8. The molecule has 7 heteroatoms. The molecule has 90 valence electrons. The lowest BCUT2D eigenvalue weighted by Gasteiger charge is -2.13. The van der Waals surface area contributed by atoms with Crippen LogP contribution in [-0.4, -0.2) is 51.3 Å². The van der Waals surface area contributed by atoms with Gasteiger partial charge in [-0.3, -0.25) is 9.69 Å². The number of hydrogen-bond donors (Lipinski definition) is 0. The highest BCUT2D eigenvalue weighted by atomic mass is 16.5. The maximum Gasteiger partial charge on any atom is 0.307 e. The summed E-state index contributed by atoms with van der Waals surface area (Å²) in [6.45, 7) is 3.42. The summed E-state index contributed by atoms with van der Waals surface area (Å²) in [7, 11) is 3.62. The van der Waals surface area contributed by atoms with Gasteiger partial charge in [0.15, 0.2) is 5.82 Å². The van der Waals surface area contributed by atoms with Gasteiger partial charge in [0, 0.05) is 6.54 Å². The second kappa shape index (κ2) is 6.16.